The molecule has 0 bridgehead atoms. The fourth-order valence-electron chi connectivity index (χ4n) is 1.12. The molecule has 0 aromatic heterocycles. The number of carboxylic acids is 1. The summed E-state index contributed by atoms with van der Waals surface area (Å²) in [6.45, 7) is 0. The number of carbonyl (C=O) groups is 1. The van der Waals surface area contributed by atoms with Gasteiger partial charge < -0.3 is 15.6 Å². The number of nitrogen functional groups attached to an aromatic ring is 1. The molecular weight excluding hydrogens is 218 g/mol. The van der Waals surface area contributed by atoms with Crippen molar-refractivity contribution in [2.75, 3.05) is 5.43 Å². The van der Waals surface area contributed by atoms with Crippen molar-refractivity contribution in [3.8, 4) is 0 Å². The third-order valence-corrected chi connectivity index (χ3v) is 1.87. The highest BCUT2D eigenvalue weighted by Crippen LogP contribution is 2.24. The molecule has 0 fully saturated rings. The van der Waals surface area contributed by atoms with E-state index in [0.29, 0.717) is 0 Å². The minimum absolute atomic E-state index is 0.116. The number of rotatable bonds is 4. The molecular formula is C8H9N3O5. The predicted molar refractivity (Wildman–Crippen MR) is 53.5 cm³/mol. The summed E-state index contributed by atoms with van der Waals surface area (Å²) in [5.41, 5.74) is 1.82. The van der Waals surface area contributed by atoms with Crippen molar-refractivity contribution in [3.05, 3.63) is 33.9 Å². The zero-order valence-electron chi connectivity index (χ0n) is 7.95. The Bertz CT molecular complexity index is 434. The van der Waals surface area contributed by atoms with Gasteiger partial charge in [-0.3, -0.25) is 16.0 Å². The van der Waals surface area contributed by atoms with Crippen molar-refractivity contribution in [1.29, 1.82) is 0 Å². The number of hydrogen-bond donors (Lipinski definition) is 4. The standard InChI is InChI=1S/C8H9N3O5/c9-10-5-1-4(7(12)8(13)14)2-6(3-5)11(15)16/h1-3,7,10,12H,9H2,(H,13,14). The summed E-state index contributed by atoms with van der Waals surface area (Å²) < 4.78 is 0. The highest BCUT2D eigenvalue weighted by Gasteiger charge is 2.20. The number of aliphatic carboxylic acids is 1. The normalized spacial score (nSPS) is 11.9. The van der Waals surface area contributed by atoms with Crippen LogP contribution in [0.4, 0.5) is 11.4 Å². The van der Waals surface area contributed by atoms with E-state index in [1.807, 2.05) is 0 Å². The van der Waals surface area contributed by atoms with Crippen LogP contribution in [0.1, 0.15) is 11.7 Å². The third kappa shape index (κ3) is 2.43. The van der Waals surface area contributed by atoms with Crippen LogP contribution in [0.15, 0.2) is 18.2 Å². The fourth-order valence-corrected chi connectivity index (χ4v) is 1.12. The first-order valence-electron chi connectivity index (χ1n) is 4.12. The van der Waals surface area contributed by atoms with Gasteiger partial charge >= 0.3 is 5.97 Å². The van der Waals surface area contributed by atoms with Gasteiger partial charge in [0, 0.05) is 17.7 Å². The Labute approximate surface area is 89.4 Å². The van der Waals surface area contributed by atoms with Crippen LogP contribution in [0.5, 0.6) is 0 Å². The molecule has 16 heavy (non-hydrogen) atoms. The molecule has 8 nitrogen and oxygen atoms in total. The Morgan fingerprint density at radius 1 is 1.50 bits per heavy atom. The maximum Gasteiger partial charge on any atom is 0.337 e. The average Bonchev–Trinajstić information content (AvgIpc) is 2.27. The molecule has 0 radical (unpaired) electrons. The van der Waals surface area contributed by atoms with Crippen molar-refractivity contribution >= 4 is 17.3 Å². The van der Waals surface area contributed by atoms with Crippen molar-refractivity contribution < 1.29 is 19.9 Å². The van der Waals surface area contributed by atoms with Crippen molar-refractivity contribution in [2.45, 2.75) is 6.10 Å². The van der Waals surface area contributed by atoms with Crippen LogP contribution >= 0.6 is 0 Å². The number of non-ortho nitro benzene ring substituents is 1. The molecule has 0 heterocycles. The molecule has 0 aliphatic heterocycles. The van der Waals surface area contributed by atoms with E-state index in [0.717, 1.165) is 12.1 Å². The highest BCUT2D eigenvalue weighted by atomic mass is 16.6. The summed E-state index contributed by atoms with van der Waals surface area (Å²) in [4.78, 5) is 20.3. The number of nitrogens with one attached hydrogen (secondary N) is 1. The van der Waals surface area contributed by atoms with E-state index in [2.05, 4.69) is 5.43 Å². The van der Waals surface area contributed by atoms with Gasteiger partial charge in [0.25, 0.3) is 5.69 Å². The van der Waals surface area contributed by atoms with Crippen LogP contribution in [-0.2, 0) is 4.79 Å². The predicted octanol–water partition coefficient (Wildman–Crippen LogP) is -0.00160. The number of aliphatic hydroxyl groups is 1. The number of nitrogens with two attached hydrogens (primary N) is 1. The molecule has 0 amide bonds. The minimum Gasteiger partial charge on any atom is -0.479 e. The van der Waals surface area contributed by atoms with Crippen LogP contribution in [0.3, 0.4) is 0 Å². The second-order valence-electron chi connectivity index (χ2n) is 2.96. The van der Waals surface area contributed by atoms with E-state index in [4.69, 9.17) is 10.9 Å². The summed E-state index contributed by atoms with van der Waals surface area (Å²) in [6, 6.07) is 3.31. The maximum atomic E-state index is 10.5. The summed E-state index contributed by atoms with van der Waals surface area (Å²) in [5.74, 6) is 3.57. The number of nitro benzene ring substituents is 1. The molecule has 0 saturated heterocycles. The van der Waals surface area contributed by atoms with Gasteiger partial charge in [-0.25, -0.2) is 4.79 Å². The lowest BCUT2D eigenvalue weighted by Gasteiger charge is -2.08. The summed E-state index contributed by atoms with van der Waals surface area (Å²) >= 11 is 0. The summed E-state index contributed by atoms with van der Waals surface area (Å²) in [5, 5.41) is 28.3. The minimum atomic E-state index is -1.83. The Balaban J connectivity index is 3.23. The van der Waals surface area contributed by atoms with Gasteiger partial charge in [0.1, 0.15) is 0 Å². The van der Waals surface area contributed by atoms with Crippen LogP contribution in [0.25, 0.3) is 0 Å². The number of nitro groups is 1. The first-order chi connectivity index (χ1) is 7.45. The second-order valence-corrected chi connectivity index (χ2v) is 2.96. The molecule has 8 heteroatoms. The molecule has 0 aliphatic rings. The lowest BCUT2D eigenvalue weighted by atomic mass is 10.1. The maximum absolute atomic E-state index is 10.5. The lowest BCUT2D eigenvalue weighted by Crippen LogP contribution is -2.13. The van der Waals surface area contributed by atoms with Gasteiger partial charge in [-0.05, 0) is 6.07 Å². The molecule has 0 spiro atoms. The lowest BCUT2D eigenvalue weighted by molar-refractivity contribution is -0.384. The average molecular weight is 227 g/mol. The number of benzene rings is 1. The molecule has 1 rings (SSSR count). The van der Waals surface area contributed by atoms with E-state index >= 15 is 0 Å². The Morgan fingerprint density at radius 3 is 2.56 bits per heavy atom. The summed E-state index contributed by atoms with van der Waals surface area (Å²) in [6.07, 6.45) is -1.83. The Morgan fingerprint density at radius 2 is 2.12 bits per heavy atom. The first-order valence-corrected chi connectivity index (χ1v) is 4.12. The smallest absolute Gasteiger partial charge is 0.337 e. The highest BCUT2D eigenvalue weighted by molar-refractivity contribution is 5.75. The quantitative estimate of drug-likeness (QED) is 0.322. The zero-order chi connectivity index (χ0) is 12.3. The molecule has 1 aromatic rings. The van der Waals surface area contributed by atoms with E-state index in [9.17, 15) is 20.0 Å². The second kappa shape index (κ2) is 4.55. The molecule has 1 unspecified atom stereocenters. The molecule has 1 aromatic carbocycles. The van der Waals surface area contributed by atoms with Gasteiger partial charge in [0.2, 0.25) is 0 Å². The van der Waals surface area contributed by atoms with Crippen LogP contribution < -0.4 is 11.3 Å². The monoisotopic (exact) mass is 227 g/mol. The van der Waals surface area contributed by atoms with Crippen LogP contribution in [0, 0.1) is 10.1 Å². The number of aliphatic hydroxyl groups excluding tert-OH is 1. The van der Waals surface area contributed by atoms with Crippen molar-refractivity contribution in [2.24, 2.45) is 5.84 Å². The number of carboxylic acid groups (broad SMARTS) is 1. The molecule has 0 saturated carbocycles. The SMILES string of the molecule is NNc1cc(C(O)C(=O)O)cc([N+](=O)[O-])c1. The molecule has 0 aliphatic carbocycles. The van der Waals surface area contributed by atoms with Crippen LogP contribution in [-0.4, -0.2) is 21.1 Å². The largest absolute Gasteiger partial charge is 0.479 e. The number of hydrogen-bond acceptors (Lipinski definition) is 6. The first kappa shape index (κ1) is 11.9. The number of nitrogens with zero attached hydrogens (tertiary/aromatic N) is 1. The Kier molecular flexibility index (Phi) is 3.38. The summed E-state index contributed by atoms with van der Waals surface area (Å²) in [7, 11) is 0. The fraction of sp³-hybridized carbons (Fsp3) is 0.125. The van der Waals surface area contributed by atoms with Gasteiger partial charge in [0.15, 0.2) is 6.10 Å². The van der Waals surface area contributed by atoms with Crippen molar-refractivity contribution in [1.82, 2.24) is 0 Å². The molecule has 5 N–H and O–H groups in total. The van der Waals surface area contributed by atoms with E-state index in [-0.39, 0.29) is 16.9 Å². The Hall–Kier alpha value is -2.19. The van der Waals surface area contributed by atoms with E-state index in [1.54, 1.807) is 0 Å². The van der Waals surface area contributed by atoms with E-state index in [1.165, 1.54) is 6.07 Å². The van der Waals surface area contributed by atoms with Gasteiger partial charge in [-0.2, -0.15) is 0 Å². The van der Waals surface area contributed by atoms with E-state index < -0.39 is 17.0 Å². The third-order valence-electron chi connectivity index (χ3n) is 1.87. The zero-order valence-corrected chi connectivity index (χ0v) is 7.95. The molecule has 1 atom stereocenters. The molecule has 86 valence electrons. The van der Waals surface area contributed by atoms with Gasteiger partial charge in [-0.15, -0.1) is 0 Å². The number of hydrazine groups is 1. The van der Waals surface area contributed by atoms with Gasteiger partial charge in [-0.1, -0.05) is 0 Å². The topological polar surface area (TPSA) is 139 Å². The number of anilines is 1. The van der Waals surface area contributed by atoms with Gasteiger partial charge in [0.05, 0.1) is 10.6 Å². The van der Waals surface area contributed by atoms with Crippen LogP contribution in [0.2, 0.25) is 0 Å². The van der Waals surface area contributed by atoms with Crippen molar-refractivity contribution in [3.63, 3.8) is 0 Å².